The van der Waals surface area contributed by atoms with Crippen molar-refractivity contribution in [1.82, 2.24) is 34.7 Å². The molecule has 2 aliphatic carbocycles. The minimum atomic E-state index is -0.619. The SMILES string of the molecule is CCN1CCN(C(=O)NC2CCC(Nc3cc(NC4CC4)c4ncc(C(=O)Nc5ccncc5F)n4n3)CC2)CC1. The highest BCUT2D eigenvalue weighted by molar-refractivity contribution is 6.03. The van der Waals surface area contributed by atoms with Crippen LogP contribution in [0, 0.1) is 5.82 Å². The van der Waals surface area contributed by atoms with Gasteiger partial charge < -0.3 is 31.1 Å². The lowest BCUT2D eigenvalue weighted by Crippen LogP contribution is -2.53. The number of carbonyl (C=O) groups excluding carboxylic acids is 2. The number of likely N-dealkylation sites (N-methyl/N-ethyl adjacent to an activating group) is 1. The quantitative estimate of drug-likeness (QED) is 0.328. The van der Waals surface area contributed by atoms with Crippen LogP contribution in [0.25, 0.3) is 5.65 Å². The van der Waals surface area contributed by atoms with Gasteiger partial charge in [0.15, 0.2) is 17.2 Å². The van der Waals surface area contributed by atoms with E-state index >= 15 is 0 Å². The zero-order valence-corrected chi connectivity index (χ0v) is 23.3. The lowest BCUT2D eigenvalue weighted by atomic mass is 9.91. The van der Waals surface area contributed by atoms with Gasteiger partial charge in [-0.25, -0.2) is 18.7 Å². The largest absolute Gasteiger partial charge is 0.379 e. The summed E-state index contributed by atoms with van der Waals surface area (Å²) in [7, 11) is 0. The van der Waals surface area contributed by atoms with E-state index in [1.54, 1.807) is 0 Å². The maximum Gasteiger partial charge on any atom is 0.317 e. The number of pyridine rings is 1. The van der Waals surface area contributed by atoms with Crippen LogP contribution in [0.1, 0.15) is 55.9 Å². The summed E-state index contributed by atoms with van der Waals surface area (Å²) in [5.74, 6) is -0.506. The second-order valence-electron chi connectivity index (χ2n) is 11.1. The van der Waals surface area contributed by atoms with Crippen LogP contribution in [0.3, 0.4) is 0 Å². The molecule has 0 radical (unpaired) electrons. The molecule has 3 fully saturated rings. The third-order valence-corrected chi connectivity index (χ3v) is 8.17. The fourth-order valence-corrected chi connectivity index (χ4v) is 5.53. The molecule has 3 amide bonds. The van der Waals surface area contributed by atoms with Crippen LogP contribution in [0.2, 0.25) is 0 Å². The van der Waals surface area contributed by atoms with Gasteiger partial charge in [0, 0.05) is 56.6 Å². The van der Waals surface area contributed by atoms with Crippen molar-refractivity contribution in [2.24, 2.45) is 0 Å². The molecule has 4 heterocycles. The van der Waals surface area contributed by atoms with Gasteiger partial charge in [0.25, 0.3) is 5.91 Å². The number of anilines is 3. The van der Waals surface area contributed by atoms with Crippen molar-refractivity contribution in [3.05, 3.63) is 42.2 Å². The second kappa shape index (κ2) is 11.9. The number of piperazine rings is 1. The first-order valence-electron chi connectivity index (χ1n) is 14.6. The maximum atomic E-state index is 14.1. The van der Waals surface area contributed by atoms with E-state index in [2.05, 4.69) is 43.1 Å². The minimum Gasteiger partial charge on any atom is -0.379 e. The van der Waals surface area contributed by atoms with Gasteiger partial charge in [-0.2, -0.15) is 0 Å². The first kappa shape index (κ1) is 27.2. The number of urea groups is 1. The first-order valence-corrected chi connectivity index (χ1v) is 14.6. The molecule has 0 bridgehead atoms. The van der Waals surface area contributed by atoms with E-state index in [4.69, 9.17) is 5.10 Å². The lowest BCUT2D eigenvalue weighted by Gasteiger charge is -2.36. The number of nitrogens with one attached hydrogen (secondary N) is 4. The normalized spacial score (nSPS) is 21.5. The fraction of sp³-hybridized carbons (Fsp3) is 0.536. The Bertz CT molecular complexity index is 1390. The average Bonchev–Trinajstić information content (AvgIpc) is 3.70. The summed E-state index contributed by atoms with van der Waals surface area (Å²) in [4.78, 5) is 38.3. The number of carbonyl (C=O) groups is 2. The number of rotatable bonds is 8. The van der Waals surface area contributed by atoms with E-state index in [9.17, 15) is 14.0 Å². The van der Waals surface area contributed by atoms with Crippen LogP contribution < -0.4 is 21.3 Å². The van der Waals surface area contributed by atoms with E-state index in [-0.39, 0.29) is 29.5 Å². The topological polar surface area (TPSA) is 132 Å². The Labute approximate surface area is 238 Å². The summed E-state index contributed by atoms with van der Waals surface area (Å²) in [5.41, 5.74) is 1.57. The predicted octanol–water partition coefficient (Wildman–Crippen LogP) is 3.16. The number of aromatic nitrogens is 4. The molecule has 0 aromatic carbocycles. The molecule has 1 aliphatic heterocycles. The summed E-state index contributed by atoms with van der Waals surface area (Å²) < 4.78 is 15.6. The molecule has 0 unspecified atom stereocenters. The molecule has 3 aromatic heterocycles. The molecule has 41 heavy (non-hydrogen) atoms. The molecular weight excluding hydrogens is 527 g/mol. The zero-order chi connectivity index (χ0) is 28.3. The molecule has 4 N–H and O–H groups in total. The van der Waals surface area contributed by atoms with E-state index in [0.29, 0.717) is 17.5 Å². The third-order valence-electron chi connectivity index (χ3n) is 8.17. The molecule has 1 saturated heterocycles. The minimum absolute atomic E-state index is 0.0395. The average molecular weight is 565 g/mol. The van der Waals surface area contributed by atoms with E-state index < -0.39 is 11.7 Å². The van der Waals surface area contributed by atoms with Crippen molar-refractivity contribution in [2.75, 3.05) is 48.7 Å². The molecule has 0 atom stereocenters. The second-order valence-corrected chi connectivity index (χ2v) is 11.1. The standard InChI is InChI=1S/C28H37FN10O2/c1-2-37-11-13-38(14-12-37)28(41)34-20-7-5-19(6-8-20)33-25-15-23(32-18-3-4-18)26-31-17-24(39(26)36-25)27(40)35-22-9-10-30-16-21(22)29/h9-10,15-20,32H,2-8,11-14H2,1H3,(H,33,36)(H,34,41)(H,30,35,40). The molecule has 2 saturated carbocycles. The van der Waals surface area contributed by atoms with Crippen LogP contribution in [-0.4, -0.2) is 92.2 Å². The van der Waals surface area contributed by atoms with Gasteiger partial charge in [0.05, 0.1) is 23.8 Å². The summed E-state index contributed by atoms with van der Waals surface area (Å²) in [6, 6.07) is 4.10. The van der Waals surface area contributed by atoms with E-state index in [0.717, 1.165) is 83.1 Å². The number of halogens is 1. The molecule has 6 rings (SSSR count). The number of hydrogen-bond donors (Lipinski definition) is 4. The summed E-state index contributed by atoms with van der Waals surface area (Å²) in [5, 5.41) is 17.6. The monoisotopic (exact) mass is 564 g/mol. The van der Waals surface area contributed by atoms with Gasteiger partial charge >= 0.3 is 6.03 Å². The highest BCUT2D eigenvalue weighted by atomic mass is 19.1. The van der Waals surface area contributed by atoms with Gasteiger partial charge in [-0.05, 0) is 51.1 Å². The molecule has 0 spiro atoms. The Morgan fingerprint density at radius 3 is 2.37 bits per heavy atom. The van der Waals surface area contributed by atoms with Crippen molar-refractivity contribution < 1.29 is 14.0 Å². The van der Waals surface area contributed by atoms with Crippen molar-refractivity contribution >= 4 is 34.8 Å². The lowest BCUT2D eigenvalue weighted by molar-refractivity contribution is 0.102. The molecule has 3 aliphatic rings. The Morgan fingerprint density at radius 1 is 0.951 bits per heavy atom. The fourth-order valence-electron chi connectivity index (χ4n) is 5.53. The van der Waals surface area contributed by atoms with Gasteiger partial charge in [-0.1, -0.05) is 6.92 Å². The van der Waals surface area contributed by atoms with Gasteiger partial charge in [-0.15, -0.1) is 5.10 Å². The van der Waals surface area contributed by atoms with Gasteiger partial charge in [-0.3, -0.25) is 9.78 Å². The van der Waals surface area contributed by atoms with E-state index in [1.807, 2.05) is 11.0 Å². The van der Waals surface area contributed by atoms with E-state index in [1.165, 1.54) is 23.0 Å². The molecular formula is C28H37FN10O2. The van der Waals surface area contributed by atoms with Crippen LogP contribution >= 0.6 is 0 Å². The van der Waals surface area contributed by atoms with Crippen LogP contribution in [0.15, 0.2) is 30.7 Å². The van der Waals surface area contributed by atoms with Crippen molar-refractivity contribution in [3.8, 4) is 0 Å². The van der Waals surface area contributed by atoms with Crippen LogP contribution in [0.5, 0.6) is 0 Å². The Kier molecular flexibility index (Phi) is 7.86. The van der Waals surface area contributed by atoms with Crippen molar-refractivity contribution in [2.45, 2.75) is 63.6 Å². The molecule has 3 aromatic rings. The first-order chi connectivity index (χ1) is 20.0. The smallest absolute Gasteiger partial charge is 0.317 e. The highest BCUT2D eigenvalue weighted by Crippen LogP contribution is 2.30. The van der Waals surface area contributed by atoms with Crippen LogP contribution in [0.4, 0.5) is 26.4 Å². The summed E-state index contributed by atoms with van der Waals surface area (Å²) in [6.07, 6.45) is 9.61. The number of fused-ring (bicyclic) bond motifs is 1. The maximum absolute atomic E-state index is 14.1. The third kappa shape index (κ3) is 6.34. The molecule has 12 nitrogen and oxygen atoms in total. The van der Waals surface area contributed by atoms with Crippen LogP contribution in [-0.2, 0) is 0 Å². The number of hydrogen-bond acceptors (Lipinski definition) is 8. The Balaban J connectivity index is 1.11. The summed E-state index contributed by atoms with van der Waals surface area (Å²) >= 11 is 0. The Morgan fingerprint density at radius 2 is 1.66 bits per heavy atom. The molecule has 13 heteroatoms. The zero-order valence-electron chi connectivity index (χ0n) is 23.3. The summed E-state index contributed by atoms with van der Waals surface area (Å²) in [6.45, 7) is 6.57. The van der Waals surface area contributed by atoms with Gasteiger partial charge in [0.1, 0.15) is 5.82 Å². The van der Waals surface area contributed by atoms with Crippen molar-refractivity contribution in [3.63, 3.8) is 0 Å². The molecule has 218 valence electrons. The Hall–Kier alpha value is -4.00. The number of nitrogens with zero attached hydrogens (tertiary/aromatic N) is 6. The predicted molar refractivity (Wildman–Crippen MR) is 154 cm³/mol. The highest BCUT2D eigenvalue weighted by Gasteiger charge is 2.28. The number of imidazole rings is 1. The van der Waals surface area contributed by atoms with Gasteiger partial charge in [0.2, 0.25) is 0 Å². The van der Waals surface area contributed by atoms with Crippen molar-refractivity contribution in [1.29, 1.82) is 0 Å². The number of amides is 3.